The lowest BCUT2D eigenvalue weighted by Crippen LogP contribution is -2.18. The first-order valence-electron chi connectivity index (χ1n) is 5.31. The van der Waals surface area contributed by atoms with Crippen LogP contribution >= 0.6 is 0 Å². The van der Waals surface area contributed by atoms with E-state index in [9.17, 15) is 8.42 Å². The normalized spacial score (nSPS) is 10.7. The molecule has 0 aliphatic rings. The molecule has 2 aromatic carbocycles. The van der Waals surface area contributed by atoms with Crippen LogP contribution in [0, 0.1) is 11.3 Å². The predicted octanol–water partition coefficient (Wildman–Crippen LogP) is 1.81. The van der Waals surface area contributed by atoms with Gasteiger partial charge in [0.1, 0.15) is 5.75 Å². The van der Waals surface area contributed by atoms with Crippen LogP contribution in [0.1, 0.15) is 5.56 Å². The number of nitrogens with zero attached hydrogens (tertiary/aromatic N) is 1. The van der Waals surface area contributed by atoms with Gasteiger partial charge in [-0.05, 0) is 29.3 Å². The van der Waals surface area contributed by atoms with Crippen LogP contribution in [0.2, 0.25) is 0 Å². The number of nitriles is 1. The number of nitrogens with two attached hydrogens (primary N) is 1. The zero-order valence-corrected chi connectivity index (χ0v) is 10.6. The Bertz CT molecular complexity index is 748. The highest BCUT2D eigenvalue weighted by atomic mass is 32.2. The summed E-state index contributed by atoms with van der Waals surface area (Å²) in [4.78, 5) is 0. The SMILES string of the molecule is N#Cc1ccccc1-c1cccc(OS(N)(=O)=O)c1. The molecule has 0 unspecified atom stereocenters. The highest BCUT2D eigenvalue weighted by molar-refractivity contribution is 7.84. The minimum absolute atomic E-state index is 0.104. The summed E-state index contributed by atoms with van der Waals surface area (Å²) < 4.78 is 26.4. The van der Waals surface area contributed by atoms with E-state index in [0.717, 1.165) is 0 Å². The second-order valence-electron chi connectivity index (χ2n) is 3.76. The van der Waals surface area contributed by atoms with E-state index in [0.29, 0.717) is 16.7 Å². The Balaban J connectivity index is 2.47. The molecule has 0 aromatic heterocycles. The van der Waals surface area contributed by atoms with Gasteiger partial charge in [0.15, 0.2) is 0 Å². The van der Waals surface area contributed by atoms with Crippen LogP contribution in [0.3, 0.4) is 0 Å². The van der Waals surface area contributed by atoms with Gasteiger partial charge in [0.05, 0.1) is 11.6 Å². The summed E-state index contributed by atoms with van der Waals surface area (Å²) in [6.07, 6.45) is 0. The third kappa shape index (κ3) is 3.31. The first-order valence-corrected chi connectivity index (χ1v) is 6.78. The lowest BCUT2D eigenvalue weighted by atomic mass is 10.0. The third-order valence-electron chi connectivity index (χ3n) is 2.40. The summed E-state index contributed by atoms with van der Waals surface area (Å²) >= 11 is 0. The monoisotopic (exact) mass is 274 g/mol. The molecule has 96 valence electrons. The van der Waals surface area contributed by atoms with E-state index >= 15 is 0 Å². The molecule has 0 saturated heterocycles. The van der Waals surface area contributed by atoms with Crippen molar-refractivity contribution in [2.75, 3.05) is 0 Å². The molecule has 0 radical (unpaired) electrons. The molecule has 19 heavy (non-hydrogen) atoms. The molecule has 0 saturated carbocycles. The fraction of sp³-hybridized carbons (Fsp3) is 0. The van der Waals surface area contributed by atoms with Gasteiger partial charge < -0.3 is 4.18 Å². The maximum atomic E-state index is 10.9. The van der Waals surface area contributed by atoms with Crippen molar-refractivity contribution in [3.63, 3.8) is 0 Å². The van der Waals surface area contributed by atoms with Crippen LogP contribution in [0.15, 0.2) is 48.5 Å². The predicted molar refractivity (Wildman–Crippen MR) is 70.3 cm³/mol. The molecule has 0 bridgehead atoms. The van der Waals surface area contributed by atoms with E-state index in [-0.39, 0.29) is 5.75 Å². The molecule has 2 aromatic rings. The topological polar surface area (TPSA) is 93.2 Å². The molecule has 0 heterocycles. The summed E-state index contributed by atoms with van der Waals surface area (Å²) in [6.45, 7) is 0. The summed E-state index contributed by atoms with van der Waals surface area (Å²) in [6, 6.07) is 15.5. The van der Waals surface area contributed by atoms with Gasteiger partial charge >= 0.3 is 10.3 Å². The Kier molecular flexibility index (Phi) is 3.51. The quantitative estimate of drug-likeness (QED) is 0.923. The fourth-order valence-electron chi connectivity index (χ4n) is 1.68. The molecule has 0 atom stereocenters. The summed E-state index contributed by atoms with van der Waals surface area (Å²) in [5.41, 5.74) is 1.87. The van der Waals surface area contributed by atoms with Crippen LogP contribution in [0.5, 0.6) is 5.75 Å². The molecule has 2 N–H and O–H groups in total. The number of benzene rings is 2. The van der Waals surface area contributed by atoms with Crippen molar-refractivity contribution in [3.05, 3.63) is 54.1 Å². The smallest absolute Gasteiger partial charge is 0.371 e. The second kappa shape index (κ2) is 5.10. The third-order valence-corrected chi connectivity index (χ3v) is 2.83. The molecular weight excluding hydrogens is 264 g/mol. The van der Waals surface area contributed by atoms with E-state index in [1.54, 1.807) is 36.4 Å². The van der Waals surface area contributed by atoms with Gasteiger partial charge in [0.25, 0.3) is 0 Å². The zero-order valence-electron chi connectivity index (χ0n) is 9.78. The summed E-state index contributed by atoms with van der Waals surface area (Å²) in [7, 11) is -4.06. The molecule has 2 rings (SSSR count). The van der Waals surface area contributed by atoms with Crippen molar-refractivity contribution in [1.82, 2.24) is 0 Å². The summed E-state index contributed by atoms with van der Waals surface area (Å²) in [5.74, 6) is 0.104. The van der Waals surface area contributed by atoms with Crippen LogP contribution < -0.4 is 9.32 Å². The van der Waals surface area contributed by atoms with Crippen LogP contribution in [-0.4, -0.2) is 8.42 Å². The first-order chi connectivity index (χ1) is 8.99. The van der Waals surface area contributed by atoms with E-state index in [2.05, 4.69) is 10.3 Å². The molecule has 0 amide bonds. The Morgan fingerprint density at radius 2 is 1.84 bits per heavy atom. The van der Waals surface area contributed by atoms with Crippen molar-refractivity contribution in [2.24, 2.45) is 5.14 Å². The van der Waals surface area contributed by atoms with E-state index in [4.69, 9.17) is 10.4 Å². The Morgan fingerprint density at radius 3 is 2.53 bits per heavy atom. The Morgan fingerprint density at radius 1 is 1.11 bits per heavy atom. The second-order valence-corrected chi connectivity index (χ2v) is 4.91. The Hall–Kier alpha value is -2.36. The van der Waals surface area contributed by atoms with E-state index < -0.39 is 10.3 Å². The zero-order chi connectivity index (χ0) is 13.9. The Labute approximate surface area is 111 Å². The molecule has 0 spiro atoms. The van der Waals surface area contributed by atoms with Gasteiger partial charge in [0.2, 0.25) is 0 Å². The largest absolute Gasteiger partial charge is 0.380 e. The standard InChI is InChI=1S/C13H10N2O3S/c14-9-11-4-1-2-7-13(11)10-5-3-6-12(8-10)18-19(15,16)17/h1-8H,(H2,15,16,17). The number of hydrogen-bond acceptors (Lipinski definition) is 4. The van der Waals surface area contributed by atoms with Crippen molar-refractivity contribution >= 4 is 10.3 Å². The fourth-order valence-corrected chi connectivity index (χ4v) is 2.05. The molecule has 0 fully saturated rings. The van der Waals surface area contributed by atoms with E-state index in [1.165, 1.54) is 12.1 Å². The van der Waals surface area contributed by atoms with Gasteiger partial charge in [-0.15, -0.1) is 0 Å². The maximum absolute atomic E-state index is 10.9. The van der Waals surface area contributed by atoms with E-state index in [1.807, 2.05) is 0 Å². The minimum Gasteiger partial charge on any atom is -0.371 e. The van der Waals surface area contributed by atoms with Gasteiger partial charge in [0, 0.05) is 0 Å². The highest BCUT2D eigenvalue weighted by Crippen LogP contribution is 2.26. The van der Waals surface area contributed by atoms with Crippen LogP contribution in [0.4, 0.5) is 0 Å². The average Bonchev–Trinajstić information content (AvgIpc) is 2.37. The highest BCUT2D eigenvalue weighted by Gasteiger charge is 2.08. The molecular formula is C13H10N2O3S. The van der Waals surface area contributed by atoms with Crippen molar-refractivity contribution < 1.29 is 12.6 Å². The maximum Gasteiger partial charge on any atom is 0.380 e. The molecule has 6 heteroatoms. The van der Waals surface area contributed by atoms with Crippen molar-refractivity contribution in [3.8, 4) is 22.9 Å². The van der Waals surface area contributed by atoms with Crippen LogP contribution in [0.25, 0.3) is 11.1 Å². The average molecular weight is 274 g/mol. The van der Waals surface area contributed by atoms with Gasteiger partial charge in [-0.2, -0.15) is 18.8 Å². The van der Waals surface area contributed by atoms with Gasteiger partial charge in [-0.1, -0.05) is 30.3 Å². The first kappa shape index (κ1) is 13.1. The lowest BCUT2D eigenvalue weighted by Gasteiger charge is -2.07. The number of hydrogen-bond donors (Lipinski definition) is 1. The molecule has 0 aliphatic carbocycles. The summed E-state index contributed by atoms with van der Waals surface area (Å²) in [5, 5.41) is 13.8. The van der Waals surface area contributed by atoms with Gasteiger partial charge in [-0.25, -0.2) is 0 Å². The molecule has 5 nitrogen and oxygen atoms in total. The lowest BCUT2D eigenvalue weighted by molar-refractivity contribution is 0.488. The van der Waals surface area contributed by atoms with Crippen molar-refractivity contribution in [2.45, 2.75) is 0 Å². The minimum atomic E-state index is -4.06. The van der Waals surface area contributed by atoms with Crippen LogP contribution in [-0.2, 0) is 10.3 Å². The molecule has 0 aliphatic heterocycles. The van der Waals surface area contributed by atoms with Gasteiger partial charge in [-0.3, -0.25) is 0 Å². The number of rotatable bonds is 3. The van der Waals surface area contributed by atoms with Crippen molar-refractivity contribution in [1.29, 1.82) is 5.26 Å².